The van der Waals surface area contributed by atoms with E-state index in [1.165, 1.54) is 5.56 Å². The van der Waals surface area contributed by atoms with E-state index in [-0.39, 0.29) is 6.03 Å². The Morgan fingerprint density at radius 2 is 1.92 bits per heavy atom. The predicted octanol–water partition coefficient (Wildman–Crippen LogP) is 3.99. The minimum absolute atomic E-state index is 0.0416. The Morgan fingerprint density at radius 3 is 2.67 bits per heavy atom. The van der Waals surface area contributed by atoms with Gasteiger partial charge in [0.25, 0.3) is 0 Å². The molecule has 0 aliphatic carbocycles. The van der Waals surface area contributed by atoms with Crippen molar-refractivity contribution in [1.82, 2.24) is 5.32 Å². The first-order chi connectivity index (χ1) is 11.6. The Bertz CT molecular complexity index is 695. The lowest BCUT2D eigenvalue weighted by molar-refractivity contribution is 0.246. The Hall–Kier alpha value is -2.49. The summed E-state index contributed by atoms with van der Waals surface area (Å²) < 4.78 is 5.67. The molecule has 0 aromatic heterocycles. The van der Waals surface area contributed by atoms with Gasteiger partial charge in [0.1, 0.15) is 5.75 Å². The fraction of sp³-hybridized carbons (Fsp3) is 0.350. The molecule has 1 N–H and O–H groups in total. The lowest BCUT2D eigenvalue weighted by Gasteiger charge is -2.18. The van der Waals surface area contributed by atoms with Crippen molar-refractivity contribution < 1.29 is 9.53 Å². The van der Waals surface area contributed by atoms with Crippen molar-refractivity contribution >= 4 is 11.7 Å². The Morgan fingerprint density at radius 1 is 1.17 bits per heavy atom. The molecular weight excluding hydrogens is 300 g/mol. The normalized spacial score (nSPS) is 13.0. The number of amides is 2. The average molecular weight is 324 g/mol. The van der Waals surface area contributed by atoms with Gasteiger partial charge in [0.15, 0.2) is 0 Å². The average Bonchev–Trinajstić information content (AvgIpc) is 3.03. The minimum atomic E-state index is -0.0416. The molecule has 2 amide bonds. The smallest absolute Gasteiger partial charge is 0.322 e. The second-order valence-electron chi connectivity index (χ2n) is 6.54. The molecule has 0 spiro atoms. The molecule has 0 saturated heterocycles. The number of rotatable bonds is 5. The van der Waals surface area contributed by atoms with E-state index in [1.54, 1.807) is 0 Å². The highest BCUT2D eigenvalue weighted by atomic mass is 16.5. The number of para-hydroxylation sites is 1. The van der Waals surface area contributed by atoms with Gasteiger partial charge in [-0.1, -0.05) is 44.2 Å². The summed E-state index contributed by atoms with van der Waals surface area (Å²) in [6.45, 7) is 6.22. The first-order valence-electron chi connectivity index (χ1n) is 8.48. The number of urea groups is 1. The number of anilines is 1. The Balaban J connectivity index is 1.53. The van der Waals surface area contributed by atoms with Gasteiger partial charge in [-0.25, -0.2) is 4.79 Å². The first kappa shape index (κ1) is 16.4. The quantitative estimate of drug-likeness (QED) is 0.903. The summed E-state index contributed by atoms with van der Waals surface area (Å²) in [6.07, 6.45) is 0.922. The Kier molecular flexibility index (Phi) is 5.04. The largest absolute Gasteiger partial charge is 0.493 e. The first-order valence-corrected chi connectivity index (χ1v) is 8.48. The van der Waals surface area contributed by atoms with Gasteiger partial charge in [-0.3, -0.25) is 4.90 Å². The molecule has 3 rings (SSSR count). The van der Waals surface area contributed by atoms with Crippen LogP contribution in [0.3, 0.4) is 0 Å². The second kappa shape index (κ2) is 7.39. The number of ether oxygens (including phenoxy) is 1. The monoisotopic (exact) mass is 324 g/mol. The molecule has 0 bridgehead atoms. The molecule has 1 aliphatic heterocycles. The zero-order chi connectivity index (χ0) is 16.9. The molecule has 2 aromatic carbocycles. The van der Waals surface area contributed by atoms with Crippen molar-refractivity contribution in [2.75, 3.05) is 18.1 Å². The highest BCUT2D eigenvalue weighted by molar-refractivity contribution is 5.94. The van der Waals surface area contributed by atoms with Crippen LogP contribution in [-0.2, 0) is 13.0 Å². The zero-order valence-corrected chi connectivity index (χ0v) is 14.3. The zero-order valence-electron chi connectivity index (χ0n) is 14.3. The van der Waals surface area contributed by atoms with Crippen molar-refractivity contribution in [3.63, 3.8) is 0 Å². The molecule has 0 unspecified atom stereocenters. The fourth-order valence-corrected chi connectivity index (χ4v) is 2.79. The third-order valence-electron chi connectivity index (χ3n) is 4.08. The van der Waals surface area contributed by atoms with Crippen LogP contribution in [0.15, 0.2) is 48.5 Å². The van der Waals surface area contributed by atoms with Crippen LogP contribution < -0.4 is 15.0 Å². The van der Waals surface area contributed by atoms with Gasteiger partial charge in [0.2, 0.25) is 0 Å². The Labute approximate surface area is 143 Å². The van der Waals surface area contributed by atoms with Gasteiger partial charge in [-0.15, -0.1) is 0 Å². The maximum atomic E-state index is 12.4. The molecule has 0 radical (unpaired) electrons. The molecule has 2 aromatic rings. The maximum absolute atomic E-state index is 12.4. The van der Waals surface area contributed by atoms with E-state index < -0.39 is 0 Å². The molecule has 24 heavy (non-hydrogen) atoms. The van der Waals surface area contributed by atoms with Gasteiger partial charge in [-0.05, 0) is 41.7 Å². The van der Waals surface area contributed by atoms with Crippen molar-refractivity contribution in [1.29, 1.82) is 0 Å². The van der Waals surface area contributed by atoms with Gasteiger partial charge in [-0.2, -0.15) is 0 Å². The second-order valence-corrected chi connectivity index (χ2v) is 6.54. The number of hydrogen-bond donors (Lipinski definition) is 1. The highest BCUT2D eigenvalue weighted by Gasteiger charge is 2.23. The molecule has 0 atom stereocenters. The highest BCUT2D eigenvalue weighted by Crippen LogP contribution is 2.27. The number of hydrogen-bond acceptors (Lipinski definition) is 2. The van der Waals surface area contributed by atoms with Crippen molar-refractivity contribution in [2.24, 2.45) is 5.92 Å². The molecule has 4 heteroatoms. The molecule has 0 saturated carbocycles. The van der Waals surface area contributed by atoms with E-state index in [1.807, 2.05) is 47.4 Å². The van der Waals surface area contributed by atoms with Crippen LogP contribution in [0.25, 0.3) is 0 Å². The topological polar surface area (TPSA) is 41.6 Å². The predicted molar refractivity (Wildman–Crippen MR) is 96.5 cm³/mol. The summed E-state index contributed by atoms with van der Waals surface area (Å²) in [5.41, 5.74) is 3.32. The van der Waals surface area contributed by atoms with Crippen LogP contribution in [-0.4, -0.2) is 19.2 Å². The summed E-state index contributed by atoms with van der Waals surface area (Å²) >= 11 is 0. The van der Waals surface area contributed by atoms with E-state index in [4.69, 9.17) is 4.74 Å². The summed E-state index contributed by atoms with van der Waals surface area (Å²) in [4.78, 5) is 14.2. The summed E-state index contributed by atoms with van der Waals surface area (Å²) in [5, 5.41) is 3.00. The fourth-order valence-electron chi connectivity index (χ4n) is 2.79. The van der Waals surface area contributed by atoms with Crippen LogP contribution in [0.2, 0.25) is 0 Å². The minimum Gasteiger partial charge on any atom is -0.493 e. The van der Waals surface area contributed by atoms with Gasteiger partial charge < -0.3 is 10.1 Å². The lowest BCUT2D eigenvalue weighted by atomic mass is 10.2. The summed E-state index contributed by atoms with van der Waals surface area (Å²) in [7, 11) is 0. The number of carbonyl (C=O) groups excluding carboxylic acids is 1. The van der Waals surface area contributed by atoms with Gasteiger partial charge in [0, 0.05) is 18.8 Å². The SMILES string of the molecule is CC(C)COc1ccc(CNC(=O)N2CCc3ccccc32)cc1. The van der Waals surface area contributed by atoms with E-state index in [2.05, 4.69) is 25.2 Å². The molecule has 126 valence electrons. The van der Waals surface area contributed by atoms with E-state index in [0.29, 0.717) is 19.1 Å². The number of fused-ring (bicyclic) bond motifs is 1. The molecule has 1 aliphatic rings. The van der Waals surface area contributed by atoms with E-state index in [0.717, 1.165) is 30.0 Å². The summed E-state index contributed by atoms with van der Waals surface area (Å²) in [6, 6.07) is 15.9. The van der Waals surface area contributed by atoms with Crippen molar-refractivity contribution in [3.05, 3.63) is 59.7 Å². The van der Waals surface area contributed by atoms with Crippen LogP contribution in [0, 0.1) is 5.92 Å². The lowest BCUT2D eigenvalue weighted by Crippen LogP contribution is -2.38. The van der Waals surface area contributed by atoms with Gasteiger partial charge >= 0.3 is 6.03 Å². The molecule has 0 fully saturated rings. The van der Waals surface area contributed by atoms with Crippen LogP contribution >= 0.6 is 0 Å². The van der Waals surface area contributed by atoms with E-state index >= 15 is 0 Å². The third kappa shape index (κ3) is 3.88. The van der Waals surface area contributed by atoms with Crippen molar-refractivity contribution in [2.45, 2.75) is 26.8 Å². The van der Waals surface area contributed by atoms with Crippen LogP contribution in [0.5, 0.6) is 5.75 Å². The van der Waals surface area contributed by atoms with Crippen LogP contribution in [0.1, 0.15) is 25.0 Å². The molecular formula is C20H24N2O2. The number of carbonyl (C=O) groups is 1. The maximum Gasteiger partial charge on any atom is 0.322 e. The third-order valence-corrected chi connectivity index (χ3v) is 4.08. The number of benzene rings is 2. The number of nitrogens with zero attached hydrogens (tertiary/aromatic N) is 1. The van der Waals surface area contributed by atoms with Crippen LogP contribution in [0.4, 0.5) is 10.5 Å². The number of nitrogens with one attached hydrogen (secondary N) is 1. The van der Waals surface area contributed by atoms with E-state index in [9.17, 15) is 4.79 Å². The van der Waals surface area contributed by atoms with Gasteiger partial charge in [0.05, 0.1) is 6.61 Å². The molecule has 4 nitrogen and oxygen atoms in total. The standard InChI is InChI=1S/C20H24N2O2/c1-15(2)14-24-18-9-7-16(8-10-18)13-21-20(23)22-12-11-17-5-3-4-6-19(17)22/h3-10,15H,11-14H2,1-2H3,(H,21,23). The molecule has 1 heterocycles. The van der Waals surface area contributed by atoms with Crippen molar-refractivity contribution in [3.8, 4) is 5.75 Å². The summed E-state index contributed by atoms with van der Waals surface area (Å²) in [5.74, 6) is 1.37.